The van der Waals surface area contributed by atoms with Crippen LogP contribution in [0.3, 0.4) is 0 Å². The molecule has 0 aromatic heterocycles. The average Bonchev–Trinajstić information content (AvgIpc) is 3.33. The molecule has 0 radical (unpaired) electrons. The fourth-order valence-corrected chi connectivity index (χ4v) is 4.72. The van der Waals surface area contributed by atoms with E-state index in [0.29, 0.717) is 6.42 Å². The van der Waals surface area contributed by atoms with Gasteiger partial charge in [-0.05, 0) is 35.2 Å². The SMILES string of the molecule is OC(CCN1CCN(C(c2ccccc2)c2ccccc2)CC1)c1ccc2c(c1)OCO2. The number of piperazine rings is 1. The summed E-state index contributed by atoms with van der Waals surface area (Å²) in [4.78, 5) is 5.04. The van der Waals surface area contributed by atoms with Crippen LogP contribution in [0.15, 0.2) is 78.9 Å². The number of benzene rings is 3. The molecule has 0 saturated carbocycles. The van der Waals surface area contributed by atoms with Crippen LogP contribution < -0.4 is 9.47 Å². The highest BCUT2D eigenvalue weighted by Gasteiger charge is 2.26. The molecule has 1 unspecified atom stereocenters. The largest absolute Gasteiger partial charge is 0.454 e. The first kappa shape index (κ1) is 21.0. The zero-order valence-corrected chi connectivity index (χ0v) is 18.3. The third kappa shape index (κ3) is 4.65. The van der Waals surface area contributed by atoms with Crippen LogP contribution in [0.4, 0.5) is 0 Å². The molecular formula is C27H30N2O3. The number of nitrogens with zero attached hydrogens (tertiary/aromatic N) is 2. The predicted octanol–water partition coefficient (Wildman–Crippen LogP) is 4.25. The highest BCUT2D eigenvalue weighted by molar-refractivity contribution is 5.45. The molecule has 5 nitrogen and oxygen atoms in total. The summed E-state index contributed by atoms with van der Waals surface area (Å²) in [7, 11) is 0. The Morgan fingerprint density at radius 3 is 2.00 bits per heavy atom. The molecule has 0 amide bonds. The first-order chi connectivity index (χ1) is 15.8. The number of aliphatic hydroxyl groups is 1. The van der Waals surface area contributed by atoms with Crippen LogP contribution in [0, 0.1) is 0 Å². The Labute approximate surface area is 189 Å². The van der Waals surface area contributed by atoms with Crippen molar-refractivity contribution in [3.05, 3.63) is 95.6 Å². The molecule has 5 heteroatoms. The van der Waals surface area contributed by atoms with Gasteiger partial charge in [0.2, 0.25) is 6.79 Å². The number of hydrogen-bond acceptors (Lipinski definition) is 5. The van der Waals surface area contributed by atoms with E-state index in [9.17, 15) is 5.11 Å². The maximum atomic E-state index is 10.7. The average molecular weight is 431 g/mol. The Morgan fingerprint density at radius 2 is 1.34 bits per heavy atom. The fraction of sp³-hybridized carbons (Fsp3) is 0.333. The van der Waals surface area contributed by atoms with Crippen molar-refractivity contribution in [2.75, 3.05) is 39.5 Å². The van der Waals surface area contributed by atoms with Crippen molar-refractivity contribution >= 4 is 0 Å². The molecule has 0 spiro atoms. The van der Waals surface area contributed by atoms with Gasteiger partial charge in [0.15, 0.2) is 11.5 Å². The Balaban J connectivity index is 1.19. The molecule has 3 aromatic carbocycles. The molecule has 1 saturated heterocycles. The zero-order valence-electron chi connectivity index (χ0n) is 18.3. The van der Waals surface area contributed by atoms with Crippen LogP contribution >= 0.6 is 0 Å². The van der Waals surface area contributed by atoms with E-state index < -0.39 is 6.10 Å². The molecule has 0 aliphatic carbocycles. The number of hydrogen-bond donors (Lipinski definition) is 1. The fourth-order valence-electron chi connectivity index (χ4n) is 4.72. The number of ether oxygens (including phenoxy) is 2. The second kappa shape index (κ2) is 9.74. The van der Waals surface area contributed by atoms with Gasteiger partial charge in [-0.25, -0.2) is 0 Å². The van der Waals surface area contributed by atoms with Gasteiger partial charge >= 0.3 is 0 Å². The van der Waals surface area contributed by atoms with Crippen LogP contribution in [0.25, 0.3) is 0 Å². The number of rotatable bonds is 7. The van der Waals surface area contributed by atoms with Gasteiger partial charge in [-0.15, -0.1) is 0 Å². The molecule has 1 N–H and O–H groups in total. The summed E-state index contributed by atoms with van der Waals surface area (Å²) in [6, 6.07) is 27.6. The summed E-state index contributed by atoms with van der Waals surface area (Å²) in [5.41, 5.74) is 3.57. The molecule has 3 aromatic rings. The van der Waals surface area contributed by atoms with E-state index in [0.717, 1.165) is 49.8 Å². The summed E-state index contributed by atoms with van der Waals surface area (Å²) in [5.74, 6) is 1.48. The van der Waals surface area contributed by atoms with E-state index in [2.05, 4.69) is 70.5 Å². The maximum Gasteiger partial charge on any atom is 0.231 e. The smallest absolute Gasteiger partial charge is 0.231 e. The lowest BCUT2D eigenvalue weighted by Crippen LogP contribution is -2.48. The minimum absolute atomic E-state index is 0.256. The summed E-state index contributed by atoms with van der Waals surface area (Å²) < 4.78 is 10.8. The van der Waals surface area contributed by atoms with Crippen molar-refractivity contribution in [1.82, 2.24) is 9.80 Å². The van der Waals surface area contributed by atoms with Crippen molar-refractivity contribution in [2.45, 2.75) is 18.6 Å². The van der Waals surface area contributed by atoms with Gasteiger partial charge in [0.25, 0.3) is 0 Å². The molecule has 0 bridgehead atoms. The van der Waals surface area contributed by atoms with Gasteiger partial charge in [-0.3, -0.25) is 4.90 Å². The minimum Gasteiger partial charge on any atom is -0.454 e. The summed E-state index contributed by atoms with van der Waals surface area (Å²) in [6.07, 6.45) is 0.212. The Morgan fingerprint density at radius 1 is 0.719 bits per heavy atom. The molecule has 2 heterocycles. The van der Waals surface area contributed by atoms with Crippen molar-refractivity contribution < 1.29 is 14.6 Å². The molecule has 1 atom stereocenters. The highest BCUT2D eigenvalue weighted by atomic mass is 16.7. The molecule has 2 aliphatic rings. The Bertz CT molecular complexity index is 964. The van der Waals surface area contributed by atoms with Crippen LogP contribution in [0.5, 0.6) is 11.5 Å². The Kier molecular flexibility index (Phi) is 6.39. The maximum absolute atomic E-state index is 10.7. The van der Waals surface area contributed by atoms with Crippen molar-refractivity contribution in [2.24, 2.45) is 0 Å². The second-order valence-electron chi connectivity index (χ2n) is 8.52. The first-order valence-corrected chi connectivity index (χ1v) is 11.4. The van der Waals surface area contributed by atoms with E-state index in [1.165, 1.54) is 11.1 Å². The van der Waals surface area contributed by atoms with Crippen molar-refractivity contribution in [3.8, 4) is 11.5 Å². The summed E-state index contributed by atoms with van der Waals surface area (Å²) in [5, 5.41) is 10.7. The van der Waals surface area contributed by atoms with Gasteiger partial charge in [0.05, 0.1) is 12.1 Å². The first-order valence-electron chi connectivity index (χ1n) is 11.4. The highest BCUT2D eigenvalue weighted by Crippen LogP contribution is 2.35. The molecule has 2 aliphatic heterocycles. The summed E-state index contributed by atoms with van der Waals surface area (Å²) >= 11 is 0. The molecule has 166 valence electrons. The minimum atomic E-state index is -0.496. The van der Waals surface area contributed by atoms with E-state index >= 15 is 0 Å². The van der Waals surface area contributed by atoms with Crippen LogP contribution in [0.1, 0.15) is 35.3 Å². The lowest BCUT2D eigenvalue weighted by molar-refractivity contribution is 0.0886. The topological polar surface area (TPSA) is 45.2 Å². The number of fused-ring (bicyclic) bond motifs is 1. The van der Waals surface area contributed by atoms with Gasteiger partial charge in [0, 0.05) is 32.7 Å². The van der Waals surface area contributed by atoms with Crippen LogP contribution in [0.2, 0.25) is 0 Å². The third-order valence-electron chi connectivity index (χ3n) is 6.50. The van der Waals surface area contributed by atoms with Gasteiger partial charge in [-0.2, -0.15) is 0 Å². The van der Waals surface area contributed by atoms with Crippen molar-refractivity contribution in [3.63, 3.8) is 0 Å². The van der Waals surface area contributed by atoms with E-state index in [1.807, 2.05) is 18.2 Å². The lowest BCUT2D eigenvalue weighted by atomic mass is 9.96. The van der Waals surface area contributed by atoms with Crippen LogP contribution in [-0.4, -0.2) is 54.4 Å². The molecule has 1 fully saturated rings. The van der Waals surface area contributed by atoms with Crippen LogP contribution in [-0.2, 0) is 0 Å². The second-order valence-corrected chi connectivity index (χ2v) is 8.52. The molecule has 32 heavy (non-hydrogen) atoms. The number of aliphatic hydroxyl groups excluding tert-OH is 1. The van der Waals surface area contributed by atoms with Gasteiger partial charge in [0.1, 0.15) is 0 Å². The standard InChI is InChI=1S/C27H30N2O3/c30-24(23-11-12-25-26(19-23)32-20-31-25)13-14-28-15-17-29(18-16-28)27(21-7-3-1-4-8-21)22-9-5-2-6-10-22/h1-12,19,24,27,30H,13-18,20H2. The molecular weight excluding hydrogens is 400 g/mol. The lowest BCUT2D eigenvalue weighted by Gasteiger charge is -2.40. The third-order valence-corrected chi connectivity index (χ3v) is 6.50. The predicted molar refractivity (Wildman–Crippen MR) is 125 cm³/mol. The van der Waals surface area contributed by atoms with Crippen molar-refractivity contribution in [1.29, 1.82) is 0 Å². The van der Waals surface area contributed by atoms with E-state index in [-0.39, 0.29) is 12.8 Å². The van der Waals surface area contributed by atoms with E-state index in [4.69, 9.17) is 9.47 Å². The summed E-state index contributed by atoms with van der Waals surface area (Å²) in [6.45, 7) is 5.16. The van der Waals surface area contributed by atoms with Gasteiger partial charge < -0.3 is 19.5 Å². The normalized spacial score (nSPS) is 17.6. The monoisotopic (exact) mass is 430 g/mol. The van der Waals surface area contributed by atoms with E-state index in [1.54, 1.807) is 0 Å². The zero-order chi connectivity index (χ0) is 21.8. The quantitative estimate of drug-likeness (QED) is 0.607. The Hall–Kier alpha value is -2.86. The molecule has 5 rings (SSSR count). The van der Waals surface area contributed by atoms with Gasteiger partial charge in [-0.1, -0.05) is 66.7 Å².